The van der Waals surface area contributed by atoms with Crippen LogP contribution in [0.1, 0.15) is 41.0 Å². The smallest absolute Gasteiger partial charge is 0.228 e. The Morgan fingerprint density at radius 2 is 1.93 bits per heavy atom. The zero-order valence-corrected chi connectivity index (χ0v) is 10.8. The molecule has 1 unspecified atom stereocenters. The normalized spacial score (nSPS) is 13.7. The molecule has 0 heterocycles. The highest BCUT2D eigenvalue weighted by Crippen LogP contribution is 2.23. The first-order chi connectivity index (χ1) is 6.88. The van der Waals surface area contributed by atoms with Crippen LogP contribution in [0.5, 0.6) is 0 Å². The lowest BCUT2D eigenvalue weighted by atomic mass is 9.88. The molecule has 15 heavy (non-hydrogen) atoms. The molecule has 1 amide bonds. The lowest BCUT2D eigenvalue weighted by Gasteiger charge is -2.32. The molecule has 0 aliphatic rings. The molecule has 90 valence electrons. The first-order valence-electron chi connectivity index (χ1n) is 5.88. The van der Waals surface area contributed by atoms with Gasteiger partial charge < -0.3 is 10.6 Å². The van der Waals surface area contributed by atoms with E-state index in [1.165, 1.54) is 0 Å². The Morgan fingerprint density at radius 3 is 2.27 bits per heavy atom. The van der Waals surface area contributed by atoms with Crippen LogP contribution in [0.4, 0.5) is 0 Å². The fourth-order valence-corrected chi connectivity index (χ4v) is 1.39. The molecule has 1 atom stereocenters. The molecule has 0 bridgehead atoms. The van der Waals surface area contributed by atoms with E-state index in [9.17, 15) is 4.79 Å². The van der Waals surface area contributed by atoms with Gasteiger partial charge in [-0.05, 0) is 25.8 Å². The van der Waals surface area contributed by atoms with Crippen LogP contribution in [0.15, 0.2) is 0 Å². The van der Waals surface area contributed by atoms with Crippen molar-refractivity contribution in [1.82, 2.24) is 4.90 Å². The Labute approximate surface area is 94.0 Å². The molecule has 3 nitrogen and oxygen atoms in total. The van der Waals surface area contributed by atoms with Gasteiger partial charge in [0, 0.05) is 18.5 Å². The molecular formula is C12H26N2O. The Bertz CT molecular complexity index is 202. The topological polar surface area (TPSA) is 46.3 Å². The molecule has 0 aromatic heterocycles. The van der Waals surface area contributed by atoms with Crippen LogP contribution in [0.3, 0.4) is 0 Å². The molecule has 0 aromatic carbocycles. The molecule has 0 saturated carbocycles. The molecule has 0 aliphatic heterocycles. The van der Waals surface area contributed by atoms with E-state index in [2.05, 4.69) is 13.8 Å². The van der Waals surface area contributed by atoms with Crippen molar-refractivity contribution in [2.75, 3.05) is 19.6 Å². The summed E-state index contributed by atoms with van der Waals surface area (Å²) in [4.78, 5) is 14.1. The summed E-state index contributed by atoms with van der Waals surface area (Å²) < 4.78 is 0. The second kappa shape index (κ2) is 6.11. The van der Waals surface area contributed by atoms with Crippen molar-refractivity contribution in [1.29, 1.82) is 0 Å². The third kappa shape index (κ3) is 4.20. The summed E-state index contributed by atoms with van der Waals surface area (Å²) in [7, 11) is 0. The Balaban J connectivity index is 4.47. The molecule has 3 heteroatoms. The van der Waals surface area contributed by atoms with Crippen molar-refractivity contribution in [3.63, 3.8) is 0 Å². The Hall–Kier alpha value is -0.570. The molecule has 0 saturated heterocycles. The van der Waals surface area contributed by atoms with Crippen molar-refractivity contribution in [2.24, 2.45) is 17.1 Å². The van der Waals surface area contributed by atoms with Gasteiger partial charge in [0.15, 0.2) is 0 Å². The molecular weight excluding hydrogens is 188 g/mol. The number of amides is 1. The summed E-state index contributed by atoms with van der Waals surface area (Å²) in [6.45, 7) is 12.3. The number of nitrogens with zero attached hydrogens (tertiary/aromatic N) is 1. The predicted molar refractivity (Wildman–Crippen MR) is 64.5 cm³/mol. The van der Waals surface area contributed by atoms with Gasteiger partial charge in [-0.25, -0.2) is 0 Å². The van der Waals surface area contributed by atoms with Gasteiger partial charge in [-0.2, -0.15) is 0 Å². The fraction of sp³-hybridized carbons (Fsp3) is 0.917. The summed E-state index contributed by atoms with van der Waals surface area (Å²) in [5, 5.41) is 0. The number of hydrogen-bond acceptors (Lipinski definition) is 2. The number of carbonyl (C=O) groups is 1. The van der Waals surface area contributed by atoms with Crippen molar-refractivity contribution in [2.45, 2.75) is 41.0 Å². The molecule has 0 spiro atoms. The van der Waals surface area contributed by atoms with Gasteiger partial charge in [0.1, 0.15) is 0 Å². The third-order valence-electron chi connectivity index (χ3n) is 3.07. The van der Waals surface area contributed by atoms with Gasteiger partial charge in [0.05, 0.1) is 0 Å². The van der Waals surface area contributed by atoms with Gasteiger partial charge in [-0.1, -0.05) is 27.7 Å². The summed E-state index contributed by atoms with van der Waals surface area (Å²) in [6.07, 6.45) is 0.874. The largest absolute Gasteiger partial charge is 0.342 e. The Morgan fingerprint density at radius 1 is 1.40 bits per heavy atom. The molecule has 0 fully saturated rings. The van der Waals surface area contributed by atoms with Gasteiger partial charge in [0.25, 0.3) is 0 Å². The maximum Gasteiger partial charge on any atom is 0.228 e. The van der Waals surface area contributed by atoms with E-state index in [0.29, 0.717) is 12.5 Å². The van der Waals surface area contributed by atoms with Crippen molar-refractivity contribution in [3.8, 4) is 0 Å². The molecule has 2 N–H and O–H groups in total. The minimum atomic E-state index is -0.246. The van der Waals surface area contributed by atoms with Crippen LogP contribution < -0.4 is 5.73 Å². The van der Waals surface area contributed by atoms with Crippen LogP contribution in [0, 0.1) is 11.3 Å². The number of hydrogen-bond donors (Lipinski definition) is 1. The number of nitrogens with two attached hydrogens (primary N) is 1. The maximum atomic E-state index is 12.2. The average molecular weight is 214 g/mol. The second-order valence-electron chi connectivity index (χ2n) is 4.92. The summed E-state index contributed by atoms with van der Waals surface area (Å²) in [5.41, 5.74) is 5.33. The van der Waals surface area contributed by atoms with Gasteiger partial charge >= 0.3 is 0 Å². The van der Waals surface area contributed by atoms with Crippen molar-refractivity contribution >= 4 is 5.91 Å². The lowest BCUT2D eigenvalue weighted by molar-refractivity contribution is -0.140. The highest BCUT2D eigenvalue weighted by Gasteiger charge is 2.29. The van der Waals surface area contributed by atoms with Gasteiger partial charge in [-0.15, -0.1) is 0 Å². The van der Waals surface area contributed by atoms with E-state index < -0.39 is 0 Å². The summed E-state index contributed by atoms with van der Waals surface area (Å²) in [6, 6.07) is 0. The molecule has 0 aliphatic carbocycles. The van der Waals surface area contributed by atoms with E-state index >= 15 is 0 Å². The zero-order valence-electron chi connectivity index (χ0n) is 10.8. The average Bonchev–Trinajstić information content (AvgIpc) is 2.24. The number of carbonyl (C=O) groups excluding carboxylic acids is 1. The Kier molecular flexibility index (Phi) is 5.88. The summed E-state index contributed by atoms with van der Waals surface area (Å²) in [5.74, 6) is 0.620. The van der Waals surface area contributed by atoms with Crippen LogP contribution in [-0.2, 0) is 4.79 Å². The lowest BCUT2D eigenvalue weighted by Crippen LogP contribution is -2.43. The standard InChI is InChI=1S/C12H26N2O/c1-6-12(4,5)11(15)14(7-2)9-10(3)8-13/h10H,6-9,13H2,1-5H3. The minimum absolute atomic E-state index is 0.243. The zero-order chi connectivity index (χ0) is 12.1. The maximum absolute atomic E-state index is 12.2. The van der Waals surface area contributed by atoms with E-state index in [-0.39, 0.29) is 11.3 Å². The first-order valence-corrected chi connectivity index (χ1v) is 5.88. The quantitative estimate of drug-likeness (QED) is 0.733. The highest BCUT2D eigenvalue weighted by molar-refractivity contribution is 5.81. The van der Waals surface area contributed by atoms with Crippen LogP contribution in [0.2, 0.25) is 0 Å². The van der Waals surface area contributed by atoms with Crippen molar-refractivity contribution < 1.29 is 4.79 Å². The van der Waals surface area contributed by atoms with Crippen LogP contribution >= 0.6 is 0 Å². The van der Waals surface area contributed by atoms with Crippen LogP contribution in [0.25, 0.3) is 0 Å². The van der Waals surface area contributed by atoms with Crippen molar-refractivity contribution in [3.05, 3.63) is 0 Å². The van der Waals surface area contributed by atoms with Gasteiger partial charge in [-0.3, -0.25) is 4.79 Å². The molecule has 0 aromatic rings. The van der Waals surface area contributed by atoms with Gasteiger partial charge in [0.2, 0.25) is 5.91 Å². The molecule has 0 radical (unpaired) electrons. The minimum Gasteiger partial charge on any atom is -0.342 e. The van der Waals surface area contributed by atoms with E-state index in [0.717, 1.165) is 19.5 Å². The SMILES string of the molecule is CCN(CC(C)CN)C(=O)C(C)(C)CC. The predicted octanol–water partition coefficient (Wildman–Crippen LogP) is 1.87. The van der Waals surface area contributed by atoms with Crippen LogP contribution in [-0.4, -0.2) is 30.4 Å². The highest BCUT2D eigenvalue weighted by atomic mass is 16.2. The third-order valence-corrected chi connectivity index (χ3v) is 3.07. The van der Waals surface area contributed by atoms with E-state index in [4.69, 9.17) is 5.73 Å². The van der Waals surface area contributed by atoms with E-state index in [1.54, 1.807) is 0 Å². The summed E-state index contributed by atoms with van der Waals surface area (Å²) >= 11 is 0. The first kappa shape index (κ1) is 14.4. The number of rotatable bonds is 6. The van der Waals surface area contributed by atoms with E-state index in [1.807, 2.05) is 25.7 Å². The molecule has 0 rings (SSSR count). The fourth-order valence-electron chi connectivity index (χ4n) is 1.39. The monoisotopic (exact) mass is 214 g/mol. The second-order valence-corrected chi connectivity index (χ2v) is 4.92.